The fourth-order valence-electron chi connectivity index (χ4n) is 2.44. The zero-order chi connectivity index (χ0) is 17.8. The highest BCUT2D eigenvalue weighted by atomic mass is 32.1. The van der Waals surface area contributed by atoms with Gasteiger partial charge < -0.3 is 10.6 Å². The number of aryl methyl sites for hydroxylation is 1. The van der Waals surface area contributed by atoms with Crippen LogP contribution in [0.15, 0.2) is 47.8 Å². The number of amides is 2. The van der Waals surface area contributed by atoms with Crippen LogP contribution in [0.3, 0.4) is 0 Å². The Morgan fingerprint density at radius 3 is 2.52 bits per heavy atom. The van der Waals surface area contributed by atoms with Gasteiger partial charge >= 0.3 is 0 Å². The van der Waals surface area contributed by atoms with Gasteiger partial charge in [0.1, 0.15) is 5.82 Å². The number of rotatable bonds is 5. The summed E-state index contributed by atoms with van der Waals surface area (Å²) < 4.78 is 14.5. The minimum absolute atomic E-state index is 0.173. The second kappa shape index (κ2) is 7.44. The predicted octanol–water partition coefficient (Wildman–Crippen LogP) is 3.51. The number of fused-ring (bicyclic) bond motifs is 1. The first-order valence-electron chi connectivity index (χ1n) is 7.85. The summed E-state index contributed by atoms with van der Waals surface area (Å²) in [6, 6.07) is 12.1. The Balaban J connectivity index is 1.52. The molecule has 3 aromatic rings. The SMILES string of the molecule is Cc1ccc(C(=O)NCCNC(=O)c2csc3ccccc23)cc1F. The number of carbonyl (C=O) groups excluding carboxylic acids is 2. The van der Waals surface area contributed by atoms with Crippen molar-refractivity contribution in [3.8, 4) is 0 Å². The van der Waals surface area contributed by atoms with E-state index in [0.717, 1.165) is 10.1 Å². The smallest absolute Gasteiger partial charge is 0.252 e. The van der Waals surface area contributed by atoms with Gasteiger partial charge in [0.15, 0.2) is 0 Å². The van der Waals surface area contributed by atoms with Crippen LogP contribution in [0.25, 0.3) is 10.1 Å². The first-order chi connectivity index (χ1) is 12.1. The van der Waals surface area contributed by atoms with Gasteiger partial charge in [-0.25, -0.2) is 4.39 Å². The molecule has 0 radical (unpaired) electrons. The maximum atomic E-state index is 13.5. The molecule has 1 aromatic heterocycles. The molecule has 2 N–H and O–H groups in total. The number of hydrogen-bond acceptors (Lipinski definition) is 3. The Morgan fingerprint density at radius 2 is 1.76 bits per heavy atom. The number of carbonyl (C=O) groups is 2. The van der Waals surface area contributed by atoms with Gasteiger partial charge in [-0.1, -0.05) is 24.3 Å². The second-order valence-corrected chi connectivity index (χ2v) is 6.53. The molecule has 0 aliphatic carbocycles. The molecule has 25 heavy (non-hydrogen) atoms. The van der Waals surface area contributed by atoms with Crippen LogP contribution in [0.5, 0.6) is 0 Å². The quantitative estimate of drug-likeness (QED) is 0.688. The summed E-state index contributed by atoms with van der Waals surface area (Å²) in [5.41, 5.74) is 1.39. The normalized spacial score (nSPS) is 10.6. The lowest BCUT2D eigenvalue weighted by molar-refractivity contribution is 0.0928. The highest BCUT2D eigenvalue weighted by Crippen LogP contribution is 2.25. The van der Waals surface area contributed by atoms with Crippen molar-refractivity contribution in [1.29, 1.82) is 0 Å². The fraction of sp³-hybridized carbons (Fsp3) is 0.158. The van der Waals surface area contributed by atoms with Crippen LogP contribution < -0.4 is 10.6 Å². The lowest BCUT2D eigenvalue weighted by Crippen LogP contribution is -2.34. The number of halogens is 1. The van der Waals surface area contributed by atoms with E-state index in [1.165, 1.54) is 17.4 Å². The molecule has 0 fully saturated rings. The van der Waals surface area contributed by atoms with E-state index in [-0.39, 0.29) is 23.9 Å². The van der Waals surface area contributed by atoms with Gasteiger partial charge in [-0.3, -0.25) is 9.59 Å². The molecule has 0 bridgehead atoms. The lowest BCUT2D eigenvalue weighted by Gasteiger charge is -2.07. The molecule has 2 amide bonds. The third-order valence-electron chi connectivity index (χ3n) is 3.86. The van der Waals surface area contributed by atoms with Crippen molar-refractivity contribution in [3.05, 3.63) is 70.4 Å². The van der Waals surface area contributed by atoms with Crippen LogP contribution in [0, 0.1) is 12.7 Å². The maximum absolute atomic E-state index is 13.5. The zero-order valence-electron chi connectivity index (χ0n) is 13.6. The van der Waals surface area contributed by atoms with Gasteiger partial charge in [0.25, 0.3) is 11.8 Å². The molecule has 3 rings (SSSR count). The Hall–Kier alpha value is -2.73. The molecule has 0 aliphatic rings. The van der Waals surface area contributed by atoms with E-state index in [0.29, 0.717) is 17.7 Å². The first kappa shape index (κ1) is 17.1. The largest absolute Gasteiger partial charge is 0.350 e. The lowest BCUT2D eigenvalue weighted by atomic mass is 10.1. The fourth-order valence-corrected chi connectivity index (χ4v) is 3.38. The molecule has 0 spiro atoms. The minimum atomic E-state index is -0.412. The monoisotopic (exact) mass is 356 g/mol. The Morgan fingerprint density at radius 1 is 1.04 bits per heavy atom. The molecule has 1 heterocycles. The summed E-state index contributed by atoms with van der Waals surface area (Å²) in [6.07, 6.45) is 0. The van der Waals surface area contributed by atoms with Gasteiger partial charge in [-0.15, -0.1) is 11.3 Å². The molecule has 0 saturated heterocycles. The van der Waals surface area contributed by atoms with Gasteiger partial charge in [-0.05, 0) is 30.7 Å². The standard InChI is InChI=1S/C19H17FN2O2S/c1-12-6-7-13(10-16(12)20)18(23)21-8-9-22-19(24)15-11-25-17-5-3-2-4-14(15)17/h2-7,10-11H,8-9H2,1H3,(H,21,23)(H,22,24). The summed E-state index contributed by atoms with van der Waals surface area (Å²) in [7, 11) is 0. The average molecular weight is 356 g/mol. The number of hydrogen-bond donors (Lipinski definition) is 2. The van der Waals surface area contributed by atoms with Crippen LogP contribution >= 0.6 is 11.3 Å². The number of benzene rings is 2. The summed E-state index contributed by atoms with van der Waals surface area (Å²) in [5.74, 6) is -0.951. The zero-order valence-corrected chi connectivity index (χ0v) is 14.5. The molecule has 0 unspecified atom stereocenters. The van der Waals surface area contributed by atoms with Gasteiger partial charge in [-0.2, -0.15) is 0 Å². The highest BCUT2D eigenvalue weighted by Gasteiger charge is 2.12. The first-order valence-corrected chi connectivity index (χ1v) is 8.73. The van der Waals surface area contributed by atoms with Crippen molar-refractivity contribution < 1.29 is 14.0 Å². The van der Waals surface area contributed by atoms with Crippen molar-refractivity contribution in [2.45, 2.75) is 6.92 Å². The average Bonchev–Trinajstić information content (AvgIpc) is 3.05. The van der Waals surface area contributed by atoms with Crippen LogP contribution in [0.2, 0.25) is 0 Å². The van der Waals surface area contributed by atoms with E-state index in [1.807, 2.05) is 29.6 Å². The molecule has 0 aliphatic heterocycles. The molecule has 0 atom stereocenters. The van der Waals surface area contributed by atoms with Crippen molar-refractivity contribution in [1.82, 2.24) is 10.6 Å². The molecule has 0 saturated carbocycles. The van der Waals surface area contributed by atoms with Crippen molar-refractivity contribution >= 4 is 33.2 Å². The molecule has 2 aromatic carbocycles. The van der Waals surface area contributed by atoms with E-state index in [9.17, 15) is 14.0 Å². The summed E-state index contributed by atoms with van der Waals surface area (Å²) in [4.78, 5) is 24.2. The van der Waals surface area contributed by atoms with Crippen molar-refractivity contribution in [2.24, 2.45) is 0 Å². The minimum Gasteiger partial charge on any atom is -0.350 e. The van der Waals surface area contributed by atoms with Gasteiger partial charge in [0, 0.05) is 34.1 Å². The van der Waals surface area contributed by atoms with Gasteiger partial charge in [0.05, 0.1) is 5.56 Å². The van der Waals surface area contributed by atoms with Crippen LogP contribution in [0.1, 0.15) is 26.3 Å². The predicted molar refractivity (Wildman–Crippen MR) is 97.6 cm³/mol. The molecular weight excluding hydrogens is 339 g/mol. The molecule has 4 nitrogen and oxygen atoms in total. The van der Waals surface area contributed by atoms with E-state index in [4.69, 9.17) is 0 Å². The molecule has 6 heteroatoms. The maximum Gasteiger partial charge on any atom is 0.252 e. The van der Waals surface area contributed by atoms with Gasteiger partial charge in [0.2, 0.25) is 0 Å². The van der Waals surface area contributed by atoms with E-state index in [1.54, 1.807) is 19.1 Å². The Bertz CT molecular complexity index is 936. The molecule has 128 valence electrons. The topological polar surface area (TPSA) is 58.2 Å². The second-order valence-electron chi connectivity index (χ2n) is 5.62. The Labute approximate surface area is 148 Å². The highest BCUT2D eigenvalue weighted by molar-refractivity contribution is 7.17. The number of nitrogens with one attached hydrogen (secondary N) is 2. The van der Waals surface area contributed by atoms with Crippen molar-refractivity contribution in [2.75, 3.05) is 13.1 Å². The molecular formula is C19H17FN2O2S. The van der Waals surface area contributed by atoms with E-state index < -0.39 is 5.82 Å². The van der Waals surface area contributed by atoms with Crippen LogP contribution in [0.4, 0.5) is 4.39 Å². The van der Waals surface area contributed by atoms with Crippen LogP contribution in [-0.2, 0) is 0 Å². The summed E-state index contributed by atoms with van der Waals surface area (Å²) in [5, 5.41) is 8.20. The third-order valence-corrected chi connectivity index (χ3v) is 4.82. The van der Waals surface area contributed by atoms with Crippen molar-refractivity contribution in [3.63, 3.8) is 0 Å². The number of thiophene rings is 1. The Kier molecular flexibility index (Phi) is 5.09. The van der Waals surface area contributed by atoms with Crippen LogP contribution in [-0.4, -0.2) is 24.9 Å². The van der Waals surface area contributed by atoms with E-state index >= 15 is 0 Å². The third kappa shape index (κ3) is 3.85. The van der Waals surface area contributed by atoms with E-state index in [2.05, 4.69) is 10.6 Å². The summed E-state index contributed by atoms with van der Waals surface area (Å²) >= 11 is 1.52. The summed E-state index contributed by atoms with van der Waals surface area (Å²) in [6.45, 7) is 2.20.